The fraction of sp³-hybridized carbons (Fsp3) is 0.133. The minimum atomic E-state index is -0.479. The third kappa shape index (κ3) is 9.24. The van der Waals surface area contributed by atoms with E-state index in [0.717, 1.165) is 17.2 Å². The molecule has 0 spiro atoms. The average Bonchev–Trinajstić information content (AvgIpc) is 3.80. The number of aromatic nitrogens is 5. The first-order chi connectivity index (χ1) is 28.4. The molecule has 3 aromatic carbocycles. The topological polar surface area (TPSA) is 210 Å². The van der Waals surface area contributed by atoms with E-state index in [2.05, 4.69) is 38.1 Å². The van der Waals surface area contributed by atoms with Gasteiger partial charge in [0.1, 0.15) is 40.6 Å². The predicted octanol–water partition coefficient (Wildman–Crippen LogP) is 6.97. The summed E-state index contributed by atoms with van der Waals surface area (Å²) >= 11 is 0. The monoisotopic (exact) mass is 787 g/mol. The molecule has 4 heterocycles. The highest BCUT2D eigenvalue weighted by molar-refractivity contribution is 6.24. The molecule has 292 valence electrons. The Hall–Kier alpha value is -7.87. The minimum absolute atomic E-state index is 0.00759. The third-order valence-corrected chi connectivity index (χ3v) is 8.85. The summed E-state index contributed by atoms with van der Waals surface area (Å²) in [4.78, 5) is 109. The molecule has 0 saturated carbocycles. The van der Waals surface area contributed by atoms with Crippen LogP contribution in [0.1, 0.15) is 112 Å². The Labute approximate surface area is 336 Å². The van der Waals surface area contributed by atoms with Crippen LogP contribution in [0.25, 0.3) is 21.8 Å². The lowest BCUT2D eigenvalue weighted by atomic mass is 9.97. The number of ketones is 7. The zero-order chi connectivity index (χ0) is 42.2. The Morgan fingerprint density at radius 2 is 1.10 bits per heavy atom. The van der Waals surface area contributed by atoms with Crippen LogP contribution in [0.5, 0.6) is 5.75 Å². The molecule has 1 aliphatic heterocycles. The van der Waals surface area contributed by atoms with Gasteiger partial charge in [-0.1, -0.05) is 60.7 Å². The normalized spacial score (nSPS) is 14.2. The van der Waals surface area contributed by atoms with Crippen molar-refractivity contribution in [2.45, 2.75) is 39.0 Å². The second-order valence-electron chi connectivity index (χ2n) is 13.3. The smallest absolute Gasteiger partial charge is 0.319 e. The lowest BCUT2D eigenvalue weighted by Crippen LogP contribution is -2.21. The largest absolute Gasteiger partial charge is 0.425 e. The minimum Gasteiger partial charge on any atom is -0.425 e. The van der Waals surface area contributed by atoms with Crippen molar-refractivity contribution < 1.29 is 43.1 Å². The number of ether oxygens (including phenoxy) is 1. The lowest BCUT2D eigenvalue weighted by molar-refractivity contribution is -0.133. The summed E-state index contributed by atoms with van der Waals surface area (Å²) in [5.74, 6) is -1.45. The van der Waals surface area contributed by atoms with Crippen molar-refractivity contribution >= 4 is 68.3 Å². The van der Waals surface area contributed by atoms with Crippen molar-refractivity contribution in [2.75, 3.05) is 0 Å². The van der Waals surface area contributed by atoms with Crippen molar-refractivity contribution in [3.63, 3.8) is 0 Å². The van der Waals surface area contributed by atoms with Gasteiger partial charge in [-0.25, -0.2) is 19.9 Å². The number of fused-ring (bicyclic) bond motifs is 7. The van der Waals surface area contributed by atoms with Gasteiger partial charge < -0.3 is 4.74 Å². The van der Waals surface area contributed by atoms with Gasteiger partial charge in [0.25, 0.3) is 0 Å². The molecule has 0 unspecified atom stereocenters. The molecule has 6 aromatic rings. The van der Waals surface area contributed by atoms with E-state index in [1.54, 1.807) is 30.3 Å². The third-order valence-electron chi connectivity index (χ3n) is 8.85. The highest BCUT2D eigenvalue weighted by Crippen LogP contribution is 2.32. The van der Waals surface area contributed by atoms with Gasteiger partial charge in [0.15, 0.2) is 40.5 Å². The quantitative estimate of drug-likeness (QED) is 0.0751. The van der Waals surface area contributed by atoms with Crippen molar-refractivity contribution in [1.82, 2.24) is 24.9 Å². The molecule has 3 aliphatic carbocycles. The number of rotatable bonds is 2. The van der Waals surface area contributed by atoms with Crippen LogP contribution in [0, 0.1) is 0 Å². The highest BCUT2D eigenvalue weighted by Gasteiger charge is 2.32. The molecule has 0 bridgehead atoms. The first kappa shape index (κ1) is 40.8. The van der Waals surface area contributed by atoms with Crippen molar-refractivity contribution in [3.8, 4) is 5.75 Å². The number of hydrogen-bond acceptors (Lipinski definition) is 14. The highest BCUT2D eigenvalue weighted by atomic mass is 16.5. The van der Waals surface area contributed by atoms with E-state index in [4.69, 9.17) is 4.74 Å². The predicted molar refractivity (Wildman–Crippen MR) is 214 cm³/mol. The van der Waals surface area contributed by atoms with Crippen LogP contribution < -0.4 is 4.74 Å². The molecule has 0 radical (unpaired) electrons. The number of esters is 1. The number of hydrogen-bond donors (Lipinski definition) is 0. The van der Waals surface area contributed by atoms with Crippen LogP contribution in [-0.4, -0.2) is 71.4 Å². The Balaban J connectivity index is 0.000000128. The van der Waals surface area contributed by atoms with E-state index >= 15 is 0 Å². The van der Waals surface area contributed by atoms with E-state index in [1.807, 2.05) is 55.5 Å². The molecule has 3 aromatic heterocycles. The van der Waals surface area contributed by atoms with Gasteiger partial charge >= 0.3 is 5.97 Å². The standard InChI is InChI=1S/C13H8O3.C11H6N2O2.C8H5NO2.C7H4N2O2.C6H10/c14-10-7-12(15)16-11-6-5-8-3-1-2-4-9(8)13(10)11;14-8-5-9(15)11-10(8)12-6-3-1-2-4-7(6)13-11;10-6-4-7(11)8-5(6)2-1-3-9-8;10-4-3-5(11)7-6(4)8-1-2-9-7;1-4-5-6(2)3/h1-6H,7H2;1-4H,5H2;1-3H,4H2;1-2H,3H2;4H,1-2,5H2,3H3. The summed E-state index contributed by atoms with van der Waals surface area (Å²) in [5.41, 5.74) is 4.68. The summed E-state index contributed by atoms with van der Waals surface area (Å²) in [6.07, 6.45) is 6.81. The molecule has 0 fully saturated rings. The number of nitrogens with zero attached hydrogens (tertiary/aromatic N) is 5. The van der Waals surface area contributed by atoms with Crippen LogP contribution in [0.2, 0.25) is 0 Å². The van der Waals surface area contributed by atoms with E-state index in [-0.39, 0.29) is 88.9 Å². The average molecular weight is 788 g/mol. The zero-order valence-corrected chi connectivity index (χ0v) is 31.6. The van der Waals surface area contributed by atoms with Gasteiger partial charge in [-0.15, -0.1) is 6.58 Å². The molecule has 10 rings (SSSR count). The molecule has 0 saturated heterocycles. The van der Waals surface area contributed by atoms with Crippen molar-refractivity contribution in [1.29, 1.82) is 0 Å². The SMILES string of the molecule is C=CCC(=C)C.O=C1CC(=O)c2c(ccc3ccccc23)O1.O=C1CC(=O)c2nc3ccccc3nc21.O=C1CC(=O)c2ncccc21.O=C1CC(=O)c2nccnc21. The maximum Gasteiger partial charge on any atom is 0.319 e. The van der Waals surface area contributed by atoms with Crippen LogP contribution in [0.15, 0.2) is 116 Å². The Morgan fingerprint density at radius 3 is 1.66 bits per heavy atom. The first-order valence-electron chi connectivity index (χ1n) is 18.1. The summed E-state index contributed by atoms with van der Waals surface area (Å²) in [5, 5.41) is 1.82. The molecule has 4 aliphatic rings. The number of benzene rings is 3. The molecule has 14 nitrogen and oxygen atoms in total. The molecule has 0 amide bonds. The van der Waals surface area contributed by atoms with Crippen molar-refractivity contribution in [3.05, 3.63) is 156 Å². The van der Waals surface area contributed by atoms with E-state index in [1.165, 1.54) is 24.2 Å². The molecule has 59 heavy (non-hydrogen) atoms. The van der Waals surface area contributed by atoms with Crippen molar-refractivity contribution in [2.24, 2.45) is 0 Å². The van der Waals surface area contributed by atoms with Crippen LogP contribution in [0.3, 0.4) is 0 Å². The number of Topliss-reactive ketones (excluding diaryl/α,β-unsaturated/α-hetero) is 7. The summed E-state index contributed by atoms with van der Waals surface area (Å²) < 4.78 is 5.05. The van der Waals surface area contributed by atoms with Crippen LogP contribution in [-0.2, 0) is 4.79 Å². The zero-order valence-electron chi connectivity index (χ0n) is 31.6. The van der Waals surface area contributed by atoms with Gasteiger partial charge in [-0.05, 0) is 54.4 Å². The maximum atomic E-state index is 11.8. The van der Waals surface area contributed by atoms with Crippen LogP contribution >= 0.6 is 0 Å². The lowest BCUT2D eigenvalue weighted by Gasteiger charge is -2.16. The van der Waals surface area contributed by atoms with Gasteiger partial charge in [0, 0.05) is 24.2 Å². The molecule has 0 atom stereocenters. The fourth-order valence-electron chi connectivity index (χ4n) is 6.19. The Morgan fingerprint density at radius 1 is 0.576 bits per heavy atom. The first-order valence-corrected chi connectivity index (χ1v) is 18.1. The molecular weight excluding hydrogens is 755 g/mol. The number of carbonyl (C=O) groups excluding carboxylic acids is 8. The number of para-hydroxylation sites is 2. The van der Waals surface area contributed by atoms with E-state index in [0.29, 0.717) is 33.6 Å². The van der Waals surface area contributed by atoms with Gasteiger partial charge in [0.05, 0.1) is 35.9 Å². The van der Waals surface area contributed by atoms with Gasteiger partial charge in [0.2, 0.25) is 0 Å². The molecular formula is C45H33N5O9. The number of carbonyl (C=O) groups is 8. The second-order valence-corrected chi connectivity index (χ2v) is 13.3. The van der Waals surface area contributed by atoms with E-state index < -0.39 is 5.97 Å². The Bertz CT molecular complexity index is 2600. The number of allylic oxidation sites excluding steroid dienone is 2. The van der Waals surface area contributed by atoms with Gasteiger partial charge in [-0.2, -0.15) is 0 Å². The fourth-order valence-corrected chi connectivity index (χ4v) is 6.19. The van der Waals surface area contributed by atoms with Crippen LogP contribution in [0.4, 0.5) is 0 Å². The molecule has 14 heteroatoms. The summed E-state index contributed by atoms with van der Waals surface area (Å²) in [6.45, 7) is 9.20. The van der Waals surface area contributed by atoms with E-state index in [9.17, 15) is 38.4 Å². The van der Waals surface area contributed by atoms with Gasteiger partial charge in [-0.3, -0.25) is 43.3 Å². The summed E-state index contributed by atoms with van der Waals surface area (Å²) in [6, 6.07) is 21.6. The maximum absolute atomic E-state index is 11.8. The Kier molecular flexibility index (Phi) is 12.4. The summed E-state index contributed by atoms with van der Waals surface area (Å²) in [7, 11) is 0. The molecule has 0 N–H and O–H groups in total. The second kappa shape index (κ2) is 17.9. The number of pyridine rings is 1.